The van der Waals surface area contributed by atoms with E-state index in [2.05, 4.69) is 29.2 Å². The van der Waals surface area contributed by atoms with Crippen molar-refractivity contribution in [1.29, 1.82) is 0 Å². The van der Waals surface area contributed by atoms with E-state index in [1.54, 1.807) is 6.26 Å². The van der Waals surface area contributed by atoms with Crippen LogP contribution in [0.3, 0.4) is 0 Å². The summed E-state index contributed by atoms with van der Waals surface area (Å²) in [5.41, 5.74) is 0.951. The minimum atomic E-state index is 0.507. The van der Waals surface area contributed by atoms with E-state index in [0.29, 0.717) is 17.8 Å². The maximum Gasteiger partial charge on any atom is 0.202 e. The predicted molar refractivity (Wildman–Crippen MR) is 71.5 cm³/mol. The molecular formula is C14H19N3O2. The van der Waals surface area contributed by atoms with Gasteiger partial charge in [0, 0.05) is 37.8 Å². The Morgan fingerprint density at radius 1 is 1.32 bits per heavy atom. The molecule has 0 radical (unpaired) electrons. The van der Waals surface area contributed by atoms with Crippen LogP contribution in [0.15, 0.2) is 33.4 Å². The van der Waals surface area contributed by atoms with E-state index in [1.165, 1.54) is 0 Å². The summed E-state index contributed by atoms with van der Waals surface area (Å²) in [6, 6.07) is 6.69. The van der Waals surface area contributed by atoms with Gasteiger partial charge in [0.2, 0.25) is 5.76 Å². The highest BCUT2D eigenvalue weighted by atomic mass is 16.5. The van der Waals surface area contributed by atoms with Crippen molar-refractivity contribution < 1.29 is 8.94 Å². The molecule has 1 N–H and O–H groups in total. The van der Waals surface area contributed by atoms with Crippen molar-refractivity contribution in [1.82, 2.24) is 15.4 Å². The maximum absolute atomic E-state index is 5.34. The quantitative estimate of drug-likeness (QED) is 0.917. The molecule has 0 aromatic carbocycles. The van der Waals surface area contributed by atoms with Gasteiger partial charge < -0.3 is 14.3 Å². The van der Waals surface area contributed by atoms with Crippen molar-refractivity contribution >= 4 is 0 Å². The fourth-order valence-electron chi connectivity index (χ4n) is 2.59. The van der Waals surface area contributed by atoms with Crippen LogP contribution < -0.4 is 5.32 Å². The minimum Gasteiger partial charge on any atom is -0.461 e. The smallest absolute Gasteiger partial charge is 0.202 e. The second-order valence-corrected chi connectivity index (χ2v) is 5.19. The van der Waals surface area contributed by atoms with E-state index in [9.17, 15) is 0 Å². The average molecular weight is 261 g/mol. The largest absolute Gasteiger partial charge is 0.461 e. The monoisotopic (exact) mass is 261 g/mol. The highest BCUT2D eigenvalue weighted by Gasteiger charge is 2.25. The number of piperazine rings is 1. The van der Waals surface area contributed by atoms with Crippen molar-refractivity contribution in [3.63, 3.8) is 0 Å². The van der Waals surface area contributed by atoms with Gasteiger partial charge in [0.05, 0.1) is 12.0 Å². The Morgan fingerprint density at radius 3 is 2.79 bits per heavy atom. The first-order valence-corrected chi connectivity index (χ1v) is 6.70. The summed E-state index contributed by atoms with van der Waals surface area (Å²) < 4.78 is 10.6. The van der Waals surface area contributed by atoms with E-state index in [0.717, 1.165) is 31.1 Å². The van der Waals surface area contributed by atoms with Crippen LogP contribution in [0.25, 0.3) is 11.5 Å². The van der Waals surface area contributed by atoms with Crippen LogP contribution in [0.5, 0.6) is 0 Å². The van der Waals surface area contributed by atoms with Gasteiger partial charge in [0.1, 0.15) is 0 Å². The van der Waals surface area contributed by atoms with Crippen LogP contribution >= 0.6 is 0 Å². The van der Waals surface area contributed by atoms with Crippen LogP contribution in [-0.4, -0.2) is 35.2 Å². The van der Waals surface area contributed by atoms with Crippen molar-refractivity contribution in [3.05, 3.63) is 30.2 Å². The van der Waals surface area contributed by atoms with Gasteiger partial charge in [-0.2, -0.15) is 0 Å². The van der Waals surface area contributed by atoms with Crippen LogP contribution in [0, 0.1) is 0 Å². The summed E-state index contributed by atoms with van der Waals surface area (Å²) in [4.78, 5) is 2.44. The molecular weight excluding hydrogens is 242 g/mol. The van der Waals surface area contributed by atoms with Gasteiger partial charge in [-0.25, -0.2) is 0 Å². The van der Waals surface area contributed by atoms with Crippen LogP contribution in [0.2, 0.25) is 0 Å². The van der Waals surface area contributed by atoms with E-state index >= 15 is 0 Å². The van der Waals surface area contributed by atoms with Crippen molar-refractivity contribution in [3.8, 4) is 11.5 Å². The molecule has 1 fully saturated rings. The average Bonchev–Trinajstić information content (AvgIpc) is 3.04. The zero-order chi connectivity index (χ0) is 13.2. The normalized spacial score (nSPS) is 24.7. The Hall–Kier alpha value is -1.59. The second kappa shape index (κ2) is 5.19. The number of rotatable bonds is 3. The summed E-state index contributed by atoms with van der Waals surface area (Å²) in [7, 11) is 0. The molecule has 0 saturated carbocycles. The Balaban J connectivity index is 1.73. The first-order valence-electron chi connectivity index (χ1n) is 6.70. The molecule has 1 saturated heterocycles. The molecule has 2 aromatic rings. The third-order valence-corrected chi connectivity index (χ3v) is 3.68. The van der Waals surface area contributed by atoms with Gasteiger partial charge in [-0.15, -0.1) is 0 Å². The van der Waals surface area contributed by atoms with Gasteiger partial charge >= 0.3 is 0 Å². The molecule has 2 unspecified atom stereocenters. The third kappa shape index (κ3) is 2.57. The van der Waals surface area contributed by atoms with Gasteiger partial charge in [-0.3, -0.25) is 4.90 Å². The molecule has 1 aliphatic heterocycles. The van der Waals surface area contributed by atoms with Gasteiger partial charge in [0.25, 0.3) is 0 Å². The number of hydrogen-bond donors (Lipinski definition) is 1. The highest BCUT2D eigenvalue weighted by Crippen LogP contribution is 2.22. The second-order valence-electron chi connectivity index (χ2n) is 5.19. The van der Waals surface area contributed by atoms with Crippen molar-refractivity contribution in [2.45, 2.75) is 32.5 Å². The van der Waals surface area contributed by atoms with Gasteiger partial charge in [-0.1, -0.05) is 5.16 Å². The summed E-state index contributed by atoms with van der Waals surface area (Å²) in [6.45, 7) is 7.32. The van der Waals surface area contributed by atoms with Crippen LogP contribution in [0.4, 0.5) is 0 Å². The fourth-order valence-corrected chi connectivity index (χ4v) is 2.59. The van der Waals surface area contributed by atoms with Crippen molar-refractivity contribution in [2.75, 3.05) is 13.1 Å². The Bertz CT molecular complexity index is 511. The first kappa shape index (κ1) is 12.4. The lowest BCUT2D eigenvalue weighted by molar-refractivity contribution is 0.106. The Labute approximate surface area is 112 Å². The molecule has 2 atom stereocenters. The number of nitrogens with one attached hydrogen (secondary N) is 1. The van der Waals surface area contributed by atoms with Gasteiger partial charge in [-0.05, 0) is 26.0 Å². The molecule has 0 aliphatic carbocycles. The molecule has 3 rings (SSSR count). The van der Waals surface area contributed by atoms with E-state index in [4.69, 9.17) is 8.94 Å². The lowest BCUT2D eigenvalue weighted by Crippen LogP contribution is -2.54. The molecule has 2 aromatic heterocycles. The zero-order valence-corrected chi connectivity index (χ0v) is 11.3. The number of hydrogen-bond acceptors (Lipinski definition) is 5. The lowest BCUT2D eigenvalue weighted by Gasteiger charge is -2.38. The fraction of sp³-hybridized carbons (Fsp3) is 0.500. The summed E-state index contributed by atoms with van der Waals surface area (Å²) >= 11 is 0. The molecule has 3 heterocycles. The lowest BCUT2D eigenvalue weighted by atomic mass is 10.1. The third-order valence-electron chi connectivity index (χ3n) is 3.68. The van der Waals surface area contributed by atoms with Crippen molar-refractivity contribution in [2.24, 2.45) is 0 Å². The topological polar surface area (TPSA) is 54.4 Å². The predicted octanol–water partition coefficient (Wildman–Crippen LogP) is 2.12. The summed E-state index contributed by atoms with van der Waals surface area (Å²) in [5, 5.41) is 7.57. The van der Waals surface area contributed by atoms with E-state index < -0.39 is 0 Å². The number of aromatic nitrogens is 1. The van der Waals surface area contributed by atoms with Crippen LogP contribution in [0.1, 0.15) is 19.5 Å². The molecule has 19 heavy (non-hydrogen) atoms. The van der Waals surface area contributed by atoms with E-state index in [1.807, 2.05) is 18.2 Å². The highest BCUT2D eigenvalue weighted by molar-refractivity contribution is 5.49. The Morgan fingerprint density at radius 2 is 2.11 bits per heavy atom. The van der Waals surface area contributed by atoms with Crippen LogP contribution in [-0.2, 0) is 6.54 Å². The molecule has 0 bridgehead atoms. The first-order chi connectivity index (χ1) is 9.24. The standard InChI is InChI=1S/C14H19N3O2/c1-10-7-15-8-11(2)17(10)9-12-6-14(19-16-12)13-4-3-5-18-13/h3-6,10-11,15H,7-9H2,1-2H3. The molecule has 0 spiro atoms. The van der Waals surface area contributed by atoms with E-state index in [-0.39, 0.29) is 0 Å². The zero-order valence-electron chi connectivity index (χ0n) is 11.3. The van der Waals surface area contributed by atoms with Gasteiger partial charge in [0.15, 0.2) is 5.76 Å². The molecule has 5 heteroatoms. The molecule has 1 aliphatic rings. The summed E-state index contributed by atoms with van der Waals surface area (Å²) in [5.74, 6) is 1.41. The molecule has 0 amide bonds. The summed E-state index contributed by atoms with van der Waals surface area (Å²) in [6.07, 6.45) is 1.64. The molecule has 102 valence electrons. The minimum absolute atomic E-state index is 0.507. The number of nitrogens with zero attached hydrogens (tertiary/aromatic N) is 2. The maximum atomic E-state index is 5.34. The number of furan rings is 1. The SMILES string of the molecule is CC1CNCC(C)N1Cc1cc(-c2ccco2)on1. The molecule has 5 nitrogen and oxygen atoms in total. The Kier molecular flexibility index (Phi) is 3.40.